The van der Waals surface area contributed by atoms with E-state index in [9.17, 15) is 9.90 Å². The van der Waals surface area contributed by atoms with Crippen LogP contribution in [0.15, 0.2) is 24.3 Å². The van der Waals surface area contributed by atoms with E-state index >= 15 is 0 Å². The maximum absolute atomic E-state index is 11.8. The minimum Gasteiger partial charge on any atom is -0.434 e. The van der Waals surface area contributed by atoms with Crippen molar-refractivity contribution in [2.75, 3.05) is 6.61 Å². The quantitative estimate of drug-likeness (QED) is 0.408. The van der Waals surface area contributed by atoms with E-state index in [2.05, 4.69) is 26.0 Å². The molecule has 0 radical (unpaired) electrons. The summed E-state index contributed by atoms with van der Waals surface area (Å²) in [5.41, 5.74) is 1.46. The SMILES string of the molecule is CCCCCCCOC(=O)OC1CCC(O)(c2ccc(CCC)cc2)CC1. The summed E-state index contributed by atoms with van der Waals surface area (Å²) >= 11 is 0. The Balaban J connectivity index is 1.70. The number of rotatable bonds is 10. The van der Waals surface area contributed by atoms with Gasteiger partial charge in [-0.1, -0.05) is 70.2 Å². The molecular weight excluding hydrogens is 340 g/mol. The third-order valence-electron chi connectivity index (χ3n) is 5.52. The van der Waals surface area contributed by atoms with Crippen molar-refractivity contribution in [2.45, 2.75) is 96.2 Å². The molecule has 1 saturated carbocycles. The highest BCUT2D eigenvalue weighted by molar-refractivity contribution is 5.60. The molecule has 152 valence electrons. The molecule has 0 atom stereocenters. The summed E-state index contributed by atoms with van der Waals surface area (Å²) in [6.45, 7) is 4.78. The first-order valence-corrected chi connectivity index (χ1v) is 10.7. The van der Waals surface area contributed by atoms with Gasteiger partial charge in [0.2, 0.25) is 0 Å². The minimum absolute atomic E-state index is 0.155. The zero-order valence-corrected chi connectivity index (χ0v) is 17.0. The van der Waals surface area contributed by atoms with Crippen molar-refractivity contribution in [1.82, 2.24) is 0 Å². The summed E-state index contributed by atoms with van der Waals surface area (Å²) in [4.78, 5) is 11.8. The van der Waals surface area contributed by atoms with Gasteiger partial charge < -0.3 is 14.6 Å². The summed E-state index contributed by atoms with van der Waals surface area (Å²) in [5, 5.41) is 11.0. The molecule has 0 heterocycles. The van der Waals surface area contributed by atoms with Crippen molar-refractivity contribution < 1.29 is 19.4 Å². The van der Waals surface area contributed by atoms with Gasteiger partial charge in [-0.25, -0.2) is 4.79 Å². The van der Waals surface area contributed by atoms with Crippen LogP contribution in [0.25, 0.3) is 0 Å². The summed E-state index contributed by atoms with van der Waals surface area (Å²) in [7, 11) is 0. The van der Waals surface area contributed by atoms with Crippen molar-refractivity contribution in [3.63, 3.8) is 0 Å². The van der Waals surface area contributed by atoms with Gasteiger partial charge in [0.1, 0.15) is 6.10 Å². The lowest BCUT2D eigenvalue weighted by molar-refractivity contribution is -0.0538. The van der Waals surface area contributed by atoms with Gasteiger partial charge in [0.15, 0.2) is 0 Å². The molecule has 0 bridgehead atoms. The Morgan fingerprint density at radius 2 is 1.70 bits per heavy atom. The van der Waals surface area contributed by atoms with Crippen LogP contribution in [0.2, 0.25) is 0 Å². The van der Waals surface area contributed by atoms with Gasteiger partial charge in [0.25, 0.3) is 0 Å². The minimum atomic E-state index is -0.812. The van der Waals surface area contributed by atoms with Crippen LogP contribution in [0.3, 0.4) is 0 Å². The van der Waals surface area contributed by atoms with Crippen molar-refractivity contribution in [1.29, 1.82) is 0 Å². The van der Waals surface area contributed by atoms with Gasteiger partial charge in [-0.15, -0.1) is 0 Å². The Labute approximate surface area is 164 Å². The van der Waals surface area contributed by atoms with Gasteiger partial charge in [-0.2, -0.15) is 0 Å². The molecule has 1 aliphatic carbocycles. The summed E-state index contributed by atoms with van der Waals surface area (Å²) in [6, 6.07) is 8.30. The van der Waals surface area contributed by atoms with Crippen molar-refractivity contribution in [3.8, 4) is 0 Å². The molecule has 4 nitrogen and oxygen atoms in total. The summed E-state index contributed by atoms with van der Waals surface area (Å²) in [6.07, 6.45) is 9.63. The molecule has 2 rings (SSSR count). The maximum atomic E-state index is 11.8. The summed E-state index contributed by atoms with van der Waals surface area (Å²) in [5.74, 6) is 0. The number of carbonyl (C=O) groups excluding carboxylic acids is 1. The molecule has 1 aromatic rings. The molecule has 1 fully saturated rings. The molecule has 1 N–H and O–H groups in total. The molecule has 1 aliphatic rings. The van der Waals surface area contributed by atoms with Gasteiger partial charge in [0.05, 0.1) is 12.2 Å². The first kappa shape index (κ1) is 21.7. The van der Waals surface area contributed by atoms with Gasteiger partial charge in [-0.3, -0.25) is 0 Å². The van der Waals surface area contributed by atoms with E-state index in [0.29, 0.717) is 32.3 Å². The number of aryl methyl sites for hydroxylation is 1. The van der Waals surface area contributed by atoms with Crippen LogP contribution < -0.4 is 0 Å². The number of hydrogen-bond acceptors (Lipinski definition) is 4. The Morgan fingerprint density at radius 3 is 2.33 bits per heavy atom. The number of benzene rings is 1. The van der Waals surface area contributed by atoms with Crippen molar-refractivity contribution in [3.05, 3.63) is 35.4 Å². The van der Waals surface area contributed by atoms with Gasteiger partial charge in [0, 0.05) is 0 Å². The molecule has 0 spiro atoms. The number of ether oxygens (including phenoxy) is 2. The average Bonchev–Trinajstić information content (AvgIpc) is 2.67. The summed E-state index contributed by atoms with van der Waals surface area (Å²) < 4.78 is 10.6. The lowest BCUT2D eigenvalue weighted by Gasteiger charge is -2.36. The van der Waals surface area contributed by atoms with E-state index < -0.39 is 11.8 Å². The molecule has 1 aromatic carbocycles. The van der Waals surface area contributed by atoms with Crippen LogP contribution >= 0.6 is 0 Å². The van der Waals surface area contributed by atoms with E-state index in [0.717, 1.165) is 31.2 Å². The number of carbonyl (C=O) groups is 1. The molecule has 0 aromatic heterocycles. The van der Waals surface area contributed by atoms with E-state index in [1.807, 2.05) is 12.1 Å². The van der Waals surface area contributed by atoms with E-state index in [1.54, 1.807) is 0 Å². The number of aliphatic hydroxyl groups is 1. The second kappa shape index (κ2) is 11.3. The monoisotopic (exact) mass is 376 g/mol. The van der Waals surface area contributed by atoms with Crippen LogP contribution in [-0.4, -0.2) is 24.0 Å². The number of unbranched alkanes of at least 4 members (excludes halogenated alkanes) is 4. The number of hydrogen-bond donors (Lipinski definition) is 1. The predicted molar refractivity (Wildman–Crippen MR) is 108 cm³/mol. The first-order valence-electron chi connectivity index (χ1n) is 10.7. The molecular formula is C23H36O4. The fourth-order valence-electron chi connectivity index (χ4n) is 3.78. The van der Waals surface area contributed by atoms with Crippen molar-refractivity contribution >= 4 is 6.16 Å². The van der Waals surface area contributed by atoms with E-state index in [-0.39, 0.29) is 6.10 Å². The second-order valence-electron chi connectivity index (χ2n) is 7.81. The molecule has 0 aliphatic heterocycles. The Bertz CT molecular complexity index is 544. The first-order chi connectivity index (χ1) is 13.1. The smallest absolute Gasteiger partial charge is 0.434 e. The Kier molecular flexibility index (Phi) is 9.12. The highest BCUT2D eigenvalue weighted by Crippen LogP contribution is 2.38. The molecule has 27 heavy (non-hydrogen) atoms. The van der Waals surface area contributed by atoms with E-state index in [4.69, 9.17) is 9.47 Å². The zero-order chi connectivity index (χ0) is 19.5. The standard InChI is InChI=1S/C23H36O4/c1-3-5-6-7-8-18-26-22(24)27-21-14-16-23(25,17-15-21)20-12-10-19(9-4-2)11-13-20/h10-13,21,25H,3-9,14-18H2,1-2H3. The Morgan fingerprint density at radius 1 is 1.04 bits per heavy atom. The fourth-order valence-corrected chi connectivity index (χ4v) is 3.78. The largest absolute Gasteiger partial charge is 0.508 e. The lowest BCUT2D eigenvalue weighted by Crippen LogP contribution is -2.35. The van der Waals surface area contributed by atoms with Gasteiger partial charge >= 0.3 is 6.16 Å². The van der Waals surface area contributed by atoms with Crippen LogP contribution in [0, 0.1) is 0 Å². The molecule has 0 amide bonds. The van der Waals surface area contributed by atoms with Crippen molar-refractivity contribution in [2.24, 2.45) is 0 Å². The topological polar surface area (TPSA) is 55.8 Å². The van der Waals surface area contributed by atoms with Crippen LogP contribution in [0.1, 0.15) is 89.2 Å². The molecule has 4 heteroatoms. The normalized spacial score (nSPS) is 22.4. The average molecular weight is 377 g/mol. The van der Waals surface area contributed by atoms with Crippen LogP contribution in [-0.2, 0) is 21.5 Å². The molecule has 0 unspecified atom stereocenters. The maximum Gasteiger partial charge on any atom is 0.508 e. The fraction of sp³-hybridized carbons (Fsp3) is 0.696. The molecule has 0 saturated heterocycles. The van der Waals surface area contributed by atoms with Crippen LogP contribution in [0.4, 0.5) is 4.79 Å². The highest BCUT2D eigenvalue weighted by atomic mass is 16.7. The highest BCUT2D eigenvalue weighted by Gasteiger charge is 2.36. The lowest BCUT2D eigenvalue weighted by atomic mass is 9.78. The third kappa shape index (κ3) is 7.17. The third-order valence-corrected chi connectivity index (χ3v) is 5.52. The van der Waals surface area contributed by atoms with E-state index in [1.165, 1.54) is 24.8 Å². The van der Waals surface area contributed by atoms with Crippen LogP contribution in [0.5, 0.6) is 0 Å². The zero-order valence-electron chi connectivity index (χ0n) is 17.0. The Hall–Kier alpha value is -1.55. The second-order valence-corrected chi connectivity index (χ2v) is 7.81. The predicted octanol–water partition coefficient (Wildman–Crippen LogP) is 5.89. The van der Waals surface area contributed by atoms with Gasteiger partial charge in [-0.05, 0) is 49.7 Å².